The molecule has 13 nitrogen and oxygen atoms in total. The molecule has 7 N–H and O–H groups in total. The van der Waals surface area contributed by atoms with E-state index in [1.54, 1.807) is 36.4 Å². The molecule has 0 unspecified atom stereocenters. The summed E-state index contributed by atoms with van der Waals surface area (Å²) in [4.78, 5) is 75.9. The lowest BCUT2D eigenvalue weighted by molar-refractivity contribution is -0.132. The maximum Gasteiger partial charge on any atom is 0.244 e. The quantitative estimate of drug-likeness (QED) is 0.276. The molecule has 2 aliphatic heterocycles. The number of hydrogen-bond acceptors (Lipinski definition) is 7. The van der Waals surface area contributed by atoms with Gasteiger partial charge in [0.15, 0.2) is 0 Å². The summed E-state index contributed by atoms with van der Waals surface area (Å²) in [6.07, 6.45) is 5.75. The van der Waals surface area contributed by atoms with Crippen molar-refractivity contribution < 1.29 is 33.2 Å². The minimum atomic E-state index is -1.19. The minimum Gasteiger partial charge on any atom is -0.469 e. The second-order valence-electron chi connectivity index (χ2n) is 10.7. The fourth-order valence-electron chi connectivity index (χ4n) is 5.14. The number of primary amides is 1. The van der Waals surface area contributed by atoms with Crippen LogP contribution in [0.4, 0.5) is 0 Å². The average Bonchev–Trinajstić information content (AvgIpc) is 3.50. The topological polar surface area (TPSA) is 202 Å². The molecular formula is C30H36N6O7. The van der Waals surface area contributed by atoms with Crippen molar-refractivity contribution in [1.82, 2.24) is 26.6 Å². The molecule has 13 heteroatoms. The highest BCUT2D eigenvalue weighted by molar-refractivity contribution is 5.97. The molecule has 0 radical (unpaired) electrons. The van der Waals surface area contributed by atoms with Gasteiger partial charge in [-0.2, -0.15) is 0 Å². The van der Waals surface area contributed by atoms with Crippen LogP contribution in [0.5, 0.6) is 0 Å². The van der Waals surface area contributed by atoms with Crippen LogP contribution in [-0.2, 0) is 48.2 Å². The second-order valence-corrected chi connectivity index (χ2v) is 10.7. The number of furan rings is 1. The van der Waals surface area contributed by atoms with Crippen LogP contribution < -0.4 is 32.3 Å². The van der Waals surface area contributed by atoms with Gasteiger partial charge >= 0.3 is 0 Å². The maximum absolute atomic E-state index is 13.3. The highest BCUT2D eigenvalue weighted by Crippen LogP contribution is 2.25. The van der Waals surface area contributed by atoms with Crippen LogP contribution in [-0.4, -0.2) is 60.1 Å². The van der Waals surface area contributed by atoms with Crippen LogP contribution in [0.1, 0.15) is 42.6 Å². The van der Waals surface area contributed by atoms with Crippen LogP contribution in [0.15, 0.2) is 59.2 Å². The molecule has 2 atom stereocenters. The van der Waals surface area contributed by atoms with E-state index in [4.69, 9.17) is 10.2 Å². The van der Waals surface area contributed by atoms with E-state index in [0.717, 1.165) is 12.2 Å². The van der Waals surface area contributed by atoms with E-state index in [9.17, 15) is 28.8 Å². The number of nitrogens with one attached hydrogen (secondary N) is 5. The van der Waals surface area contributed by atoms with Crippen LogP contribution in [0, 0.1) is 5.92 Å². The maximum atomic E-state index is 13.3. The van der Waals surface area contributed by atoms with E-state index in [1.165, 1.54) is 6.26 Å². The number of amides is 6. The molecule has 2 aromatic rings. The first-order valence-electron chi connectivity index (χ1n) is 14.2. The fourth-order valence-corrected chi connectivity index (χ4v) is 5.14. The molecule has 1 aliphatic carbocycles. The highest BCUT2D eigenvalue weighted by Gasteiger charge is 2.30. The summed E-state index contributed by atoms with van der Waals surface area (Å²) in [5.41, 5.74) is 6.70. The molecule has 6 amide bonds. The number of nitrogens with two attached hydrogens (primary N) is 1. The van der Waals surface area contributed by atoms with Gasteiger partial charge in [0, 0.05) is 43.6 Å². The van der Waals surface area contributed by atoms with E-state index in [0.29, 0.717) is 42.6 Å². The Morgan fingerprint density at radius 3 is 2.23 bits per heavy atom. The normalized spacial score (nSPS) is 25.3. The van der Waals surface area contributed by atoms with Gasteiger partial charge in [-0.15, -0.1) is 0 Å². The number of benzene rings is 1. The van der Waals surface area contributed by atoms with Gasteiger partial charge in [-0.3, -0.25) is 28.8 Å². The summed E-state index contributed by atoms with van der Waals surface area (Å²) in [6.45, 7) is -0.190. The highest BCUT2D eigenvalue weighted by atomic mass is 16.3. The molecule has 3 aliphatic rings. The monoisotopic (exact) mass is 592 g/mol. The van der Waals surface area contributed by atoms with Crippen molar-refractivity contribution in [3.8, 4) is 0 Å². The molecule has 1 aromatic heterocycles. The minimum absolute atomic E-state index is 0.0826. The van der Waals surface area contributed by atoms with E-state index in [-0.39, 0.29) is 43.8 Å². The number of fused-ring (bicyclic) bond motifs is 16. The zero-order valence-electron chi connectivity index (χ0n) is 23.6. The fraction of sp³-hybridized carbons (Fsp3) is 0.400. The van der Waals surface area contributed by atoms with Gasteiger partial charge in [0.1, 0.15) is 17.8 Å². The molecular weight excluding hydrogens is 556 g/mol. The smallest absolute Gasteiger partial charge is 0.244 e. The lowest BCUT2D eigenvalue weighted by atomic mass is 9.85. The summed E-state index contributed by atoms with van der Waals surface area (Å²) in [7, 11) is 0. The Morgan fingerprint density at radius 1 is 0.814 bits per heavy atom. The third-order valence-corrected chi connectivity index (χ3v) is 7.53. The first-order chi connectivity index (χ1) is 20.7. The van der Waals surface area contributed by atoms with Gasteiger partial charge in [-0.25, -0.2) is 0 Å². The number of hydrogen-bond donors (Lipinski definition) is 6. The van der Waals surface area contributed by atoms with E-state index < -0.39 is 41.6 Å². The second kappa shape index (κ2) is 14.8. The summed E-state index contributed by atoms with van der Waals surface area (Å²) >= 11 is 0. The van der Waals surface area contributed by atoms with Crippen LogP contribution in [0.3, 0.4) is 0 Å². The lowest BCUT2D eigenvalue weighted by Crippen LogP contribution is -2.51. The van der Waals surface area contributed by atoms with Gasteiger partial charge in [0.25, 0.3) is 0 Å². The lowest BCUT2D eigenvalue weighted by Gasteiger charge is -2.29. The molecule has 3 heterocycles. The van der Waals surface area contributed by atoms with Crippen LogP contribution in [0.25, 0.3) is 0 Å². The van der Waals surface area contributed by atoms with E-state index in [1.807, 2.05) is 0 Å². The summed E-state index contributed by atoms with van der Waals surface area (Å²) in [5, 5.41) is 13.5. The Kier molecular flexibility index (Phi) is 10.7. The molecule has 0 saturated heterocycles. The molecule has 228 valence electrons. The average molecular weight is 593 g/mol. The van der Waals surface area contributed by atoms with Crippen molar-refractivity contribution in [3.63, 3.8) is 0 Å². The van der Waals surface area contributed by atoms with Crippen molar-refractivity contribution in [1.29, 1.82) is 0 Å². The van der Waals surface area contributed by atoms with Crippen LogP contribution in [0.2, 0.25) is 0 Å². The summed E-state index contributed by atoms with van der Waals surface area (Å²) in [5.74, 6) is -2.96. The number of carbonyl (C=O) groups excluding carboxylic acids is 6. The third kappa shape index (κ3) is 9.28. The van der Waals surface area contributed by atoms with Gasteiger partial charge in [0.2, 0.25) is 35.4 Å². The van der Waals surface area contributed by atoms with Gasteiger partial charge in [-0.05, 0) is 48.9 Å². The van der Waals surface area contributed by atoms with Crippen molar-refractivity contribution in [3.05, 3.63) is 71.7 Å². The molecule has 2 bridgehead atoms. The van der Waals surface area contributed by atoms with Crippen molar-refractivity contribution >= 4 is 35.4 Å². The number of carbonyl (C=O) groups is 6. The van der Waals surface area contributed by atoms with E-state index >= 15 is 0 Å². The van der Waals surface area contributed by atoms with Crippen LogP contribution >= 0.6 is 0 Å². The summed E-state index contributed by atoms with van der Waals surface area (Å²) in [6, 6.07) is 8.15. The zero-order valence-corrected chi connectivity index (χ0v) is 23.6. The van der Waals surface area contributed by atoms with Crippen molar-refractivity contribution in [2.24, 2.45) is 11.7 Å². The Hall–Kier alpha value is -4.94. The molecule has 5 rings (SSSR count). The molecule has 43 heavy (non-hydrogen) atoms. The first kappa shape index (κ1) is 31.0. The summed E-state index contributed by atoms with van der Waals surface area (Å²) < 4.78 is 5.43. The van der Waals surface area contributed by atoms with Gasteiger partial charge in [0.05, 0.1) is 12.7 Å². The Morgan fingerprint density at radius 2 is 1.53 bits per heavy atom. The number of rotatable bonds is 3. The SMILES string of the molecule is NC(=O)[C@@H]1CNC(=O)/C=C\C(=O)NC2CCC(CC2)C(=O)N[C@@H](Cc2ccco2)C(=O)NCc2ccccc2CC(=O)N1. The molecule has 1 saturated carbocycles. The van der Waals surface area contributed by atoms with Crippen molar-refractivity contribution in [2.75, 3.05) is 6.54 Å². The van der Waals surface area contributed by atoms with Gasteiger partial charge in [-0.1, -0.05) is 24.3 Å². The standard InChI is InChI=1S/C30H36N6O7/c31-28(40)24-17-32-25(37)11-12-26(38)34-21-9-7-18(8-10-21)29(41)36-23(15-22-6-3-13-43-22)30(42)33-16-20-5-2-1-4-19(20)14-27(39)35-24/h1-6,11-13,18,21,23-24H,7-10,14-17H2,(H2,31,40)(H,32,37)(H,33,42)(H,34,38)(H,35,39)(H,36,41)/b12-11-/t18?,21?,23-,24-/m0/s1. The largest absolute Gasteiger partial charge is 0.469 e. The first-order valence-corrected chi connectivity index (χ1v) is 14.2. The Bertz CT molecular complexity index is 1360. The molecule has 1 aromatic carbocycles. The Labute approximate surface area is 248 Å². The Balaban J connectivity index is 1.54. The third-order valence-electron chi connectivity index (χ3n) is 7.53. The predicted octanol–water partition coefficient (Wildman–Crippen LogP) is -0.503. The predicted molar refractivity (Wildman–Crippen MR) is 153 cm³/mol. The van der Waals surface area contributed by atoms with Gasteiger partial charge < -0.3 is 36.7 Å². The molecule has 1 fully saturated rings. The molecule has 0 spiro atoms. The van der Waals surface area contributed by atoms with E-state index in [2.05, 4.69) is 26.6 Å². The van der Waals surface area contributed by atoms with Crippen molar-refractivity contribution in [2.45, 2.75) is 63.2 Å². The zero-order chi connectivity index (χ0) is 30.8.